The highest BCUT2D eigenvalue weighted by atomic mass is 14.2. The molecule has 0 rings (SSSR count). The lowest BCUT2D eigenvalue weighted by atomic mass is 9.82. The Balaban J connectivity index is 4.37. The van der Waals surface area contributed by atoms with E-state index in [0.717, 1.165) is 11.8 Å². The van der Waals surface area contributed by atoms with Crippen molar-refractivity contribution in [3.8, 4) is 0 Å². The van der Waals surface area contributed by atoms with E-state index < -0.39 is 0 Å². The Morgan fingerprint density at radius 3 is 0.966 bits per heavy atom. The van der Waals surface area contributed by atoms with Crippen molar-refractivity contribution in [1.82, 2.24) is 0 Å². The molecule has 29 heavy (non-hydrogen) atoms. The van der Waals surface area contributed by atoms with Crippen molar-refractivity contribution >= 4 is 0 Å². The van der Waals surface area contributed by atoms with Gasteiger partial charge in [-0.15, -0.1) is 0 Å². The van der Waals surface area contributed by atoms with Gasteiger partial charge in [-0.3, -0.25) is 0 Å². The maximum absolute atomic E-state index is 2.86. The molecule has 2 unspecified atom stereocenters. The summed E-state index contributed by atoms with van der Waals surface area (Å²) in [6.45, 7) is 9.33. The molecule has 0 aliphatic rings. The van der Waals surface area contributed by atoms with Crippen LogP contribution in [0.1, 0.15) is 169 Å². The molecule has 0 nitrogen and oxygen atoms in total. The van der Waals surface area contributed by atoms with Gasteiger partial charge in [0.15, 0.2) is 0 Å². The predicted octanol–water partition coefficient (Wildman–Crippen LogP) is 11.1. The van der Waals surface area contributed by atoms with Crippen LogP contribution in [-0.4, -0.2) is 0 Å². The maximum Gasteiger partial charge on any atom is -0.0324 e. The molecule has 0 saturated carbocycles. The molecule has 0 aliphatic carbocycles. The SMILES string of the molecule is CCCCCCCCC([CH]C(CCCC)CCCCCCC)CCCCCCC. The van der Waals surface area contributed by atoms with Crippen LogP contribution in [0.15, 0.2) is 0 Å². The molecule has 175 valence electrons. The fraction of sp³-hybridized carbons (Fsp3) is 0.966. The van der Waals surface area contributed by atoms with Gasteiger partial charge in [0.05, 0.1) is 0 Å². The molecule has 0 saturated heterocycles. The minimum atomic E-state index is 0.900. The van der Waals surface area contributed by atoms with Crippen molar-refractivity contribution < 1.29 is 0 Å². The van der Waals surface area contributed by atoms with Gasteiger partial charge in [0.25, 0.3) is 0 Å². The van der Waals surface area contributed by atoms with E-state index in [1.54, 1.807) is 0 Å². The zero-order valence-corrected chi connectivity index (χ0v) is 21.3. The first-order valence-electron chi connectivity index (χ1n) is 14.1. The molecule has 0 aromatic heterocycles. The van der Waals surface area contributed by atoms with Gasteiger partial charge in [0.1, 0.15) is 0 Å². The summed E-state index contributed by atoms with van der Waals surface area (Å²) in [6, 6.07) is 0. The highest BCUT2D eigenvalue weighted by Gasteiger charge is 2.16. The predicted molar refractivity (Wildman–Crippen MR) is 136 cm³/mol. The summed E-state index contributed by atoms with van der Waals surface area (Å²) in [5.41, 5.74) is 0. The van der Waals surface area contributed by atoms with Crippen molar-refractivity contribution in [2.75, 3.05) is 0 Å². The van der Waals surface area contributed by atoms with Gasteiger partial charge in [-0.2, -0.15) is 0 Å². The molecular weight excluding hydrogens is 348 g/mol. The zero-order valence-electron chi connectivity index (χ0n) is 21.3. The van der Waals surface area contributed by atoms with Crippen LogP contribution < -0.4 is 0 Å². The van der Waals surface area contributed by atoms with E-state index in [-0.39, 0.29) is 0 Å². The average molecular weight is 408 g/mol. The third-order valence-corrected chi connectivity index (χ3v) is 6.76. The minimum Gasteiger partial charge on any atom is -0.0654 e. The second-order valence-corrected chi connectivity index (χ2v) is 9.82. The van der Waals surface area contributed by atoms with Gasteiger partial charge in [-0.05, 0) is 18.3 Å². The molecule has 2 atom stereocenters. The van der Waals surface area contributed by atoms with E-state index >= 15 is 0 Å². The van der Waals surface area contributed by atoms with Crippen molar-refractivity contribution in [1.29, 1.82) is 0 Å². The van der Waals surface area contributed by atoms with Crippen molar-refractivity contribution in [3.05, 3.63) is 6.42 Å². The van der Waals surface area contributed by atoms with Gasteiger partial charge in [0, 0.05) is 0 Å². The van der Waals surface area contributed by atoms with E-state index in [0.29, 0.717) is 0 Å². The summed E-state index contributed by atoms with van der Waals surface area (Å²) in [7, 11) is 0. The summed E-state index contributed by atoms with van der Waals surface area (Å²) in [5, 5.41) is 0. The zero-order chi connectivity index (χ0) is 21.4. The summed E-state index contributed by atoms with van der Waals surface area (Å²) in [6.07, 6.45) is 34.5. The smallest absolute Gasteiger partial charge is 0.0324 e. The lowest BCUT2D eigenvalue weighted by molar-refractivity contribution is 0.367. The molecule has 0 heteroatoms. The van der Waals surface area contributed by atoms with Crippen LogP contribution in [-0.2, 0) is 0 Å². The normalized spacial score (nSPS) is 13.7. The minimum absolute atomic E-state index is 0.900. The fourth-order valence-corrected chi connectivity index (χ4v) is 4.73. The summed E-state index contributed by atoms with van der Waals surface area (Å²) in [5.74, 6) is 1.80. The fourth-order valence-electron chi connectivity index (χ4n) is 4.73. The van der Waals surface area contributed by atoms with Gasteiger partial charge in [0.2, 0.25) is 0 Å². The molecular formula is C29H59. The first-order chi connectivity index (χ1) is 14.3. The lowest BCUT2D eigenvalue weighted by Gasteiger charge is -2.24. The van der Waals surface area contributed by atoms with Crippen molar-refractivity contribution in [2.45, 2.75) is 169 Å². The first-order valence-corrected chi connectivity index (χ1v) is 14.1. The Morgan fingerprint density at radius 1 is 0.345 bits per heavy atom. The third-order valence-electron chi connectivity index (χ3n) is 6.76. The topological polar surface area (TPSA) is 0 Å². The molecule has 0 heterocycles. The Hall–Kier alpha value is 0. The van der Waals surface area contributed by atoms with E-state index in [9.17, 15) is 0 Å². The van der Waals surface area contributed by atoms with Crippen molar-refractivity contribution in [2.24, 2.45) is 11.8 Å². The van der Waals surface area contributed by atoms with E-state index in [2.05, 4.69) is 34.1 Å². The van der Waals surface area contributed by atoms with Gasteiger partial charge in [-0.25, -0.2) is 0 Å². The second-order valence-electron chi connectivity index (χ2n) is 9.82. The highest BCUT2D eigenvalue weighted by molar-refractivity contribution is 4.84. The Labute approximate surface area is 187 Å². The van der Waals surface area contributed by atoms with Crippen LogP contribution in [0.25, 0.3) is 0 Å². The van der Waals surface area contributed by atoms with Gasteiger partial charge >= 0.3 is 0 Å². The lowest BCUT2D eigenvalue weighted by Crippen LogP contribution is -2.11. The molecule has 0 aromatic rings. The highest BCUT2D eigenvalue weighted by Crippen LogP contribution is 2.30. The first kappa shape index (κ1) is 29.0. The second kappa shape index (κ2) is 24.3. The Bertz CT molecular complexity index is 282. The maximum atomic E-state index is 2.86. The monoisotopic (exact) mass is 407 g/mol. The van der Waals surface area contributed by atoms with Crippen LogP contribution in [0, 0.1) is 18.3 Å². The molecule has 0 spiro atoms. The molecule has 1 radical (unpaired) electrons. The van der Waals surface area contributed by atoms with Crippen LogP contribution in [0.2, 0.25) is 0 Å². The third kappa shape index (κ3) is 21.0. The summed E-state index contributed by atoms with van der Waals surface area (Å²) < 4.78 is 0. The summed E-state index contributed by atoms with van der Waals surface area (Å²) in [4.78, 5) is 0. The van der Waals surface area contributed by atoms with Crippen molar-refractivity contribution in [3.63, 3.8) is 0 Å². The number of rotatable bonds is 24. The summed E-state index contributed by atoms with van der Waals surface area (Å²) >= 11 is 0. The van der Waals surface area contributed by atoms with Crippen LogP contribution >= 0.6 is 0 Å². The van der Waals surface area contributed by atoms with Crippen LogP contribution in [0.4, 0.5) is 0 Å². The molecule has 0 aromatic carbocycles. The molecule has 0 amide bonds. The van der Waals surface area contributed by atoms with Gasteiger partial charge in [-0.1, -0.05) is 169 Å². The van der Waals surface area contributed by atoms with Gasteiger partial charge < -0.3 is 0 Å². The standard InChI is InChI=1S/C29H59/c1-5-9-13-16-19-22-26-29(25-21-18-15-11-7-3)27-28(23-12-8-4)24-20-17-14-10-6-2/h27-29H,5-26H2,1-4H3. The Kier molecular flexibility index (Phi) is 24.3. The van der Waals surface area contributed by atoms with E-state index in [4.69, 9.17) is 0 Å². The quantitative estimate of drug-likeness (QED) is 0.139. The van der Waals surface area contributed by atoms with Crippen LogP contribution in [0.5, 0.6) is 0 Å². The van der Waals surface area contributed by atoms with Crippen LogP contribution in [0.3, 0.4) is 0 Å². The molecule has 0 bridgehead atoms. The number of hydrogen-bond donors (Lipinski definition) is 0. The number of hydrogen-bond acceptors (Lipinski definition) is 0. The average Bonchev–Trinajstić information content (AvgIpc) is 2.73. The number of unbranched alkanes of at least 4 members (excludes halogenated alkanes) is 14. The molecule has 0 aliphatic heterocycles. The van der Waals surface area contributed by atoms with E-state index in [1.807, 2.05) is 0 Å². The Morgan fingerprint density at radius 2 is 0.621 bits per heavy atom. The molecule has 0 N–H and O–H groups in total. The largest absolute Gasteiger partial charge is 0.0654 e. The van der Waals surface area contributed by atoms with E-state index in [1.165, 1.54) is 141 Å². The molecule has 0 fully saturated rings.